The van der Waals surface area contributed by atoms with E-state index < -0.39 is 5.97 Å². The van der Waals surface area contributed by atoms with Gasteiger partial charge in [-0.25, -0.2) is 14.8 Å². The smallest absolute Gasteiger partial charge is 0.356 e. The Morgan fingerprint density at radius 3 is 2.32 bits per heavy atom. The van der Waals surface area contributed by atoms with Gasteiger partial charge in [-0.3, -0.25) is 4.79 Å². The van der Waals surface area contributed by atoms with Crippen molar-refractivity contribution in [2.24, 2.45) is 11.8 Å². The number of carbonyl (C=O) groups excluding carboxylic acids is 1. The Labute approximate surface area is 130 Å². The van der Waals surface area contributed by atoms with E-state index in [9.17, 15) is 9.59 Å². The Hall–Kier alpha value is -1.98. The number of amides is 1. The van der Waals surface area contributed by atoms with Crippen molar-refractivity contribution in [3.8, 4) is 0 Å². The van der Waals surface area contributed by atoms with Gasteiger partial charge in [-0.2, -0.15) is 0 Å². The number of rotatable bonds is 5. The number of piperidine rings is 1. The molecular formula is C16H23N3O3. The average Bonchev–Trinajstić information content (AvgIpc) is 2.53. The second-order valence-electron chi connectivity index (χ2n) is 6.30. The molecule has 6 nitrogen and oxygen atoms in total. The molecule has 0 atom stereocenters. The van der Waals surface area contributed by atoms with Gasteiger partial charge < -0.3 is 10.0 Å². The number of carbonyl (C=O) groups is 2. The molecule has 2 heterocycles. The van der Waals surface area contributed by atoms with Gasteiger partial charge in [-0.05, 0) is 24.7 Å². The summed E-state index contributed by atoms with van der Waals surface area (Å²) in [5.41, 5.74) is 0.0644. The maximum absolute atomic E-state index is 12.3. The Balaban J connectivity index is 1.88. The molecule has 0 saturated carbocycles. The summed E-state index contributed by atoms with van der Waals surface area (Å²) in [7, 11) is 0. The predicted octanol–water partition coefficient (Wildman–Crippen LogP) is 2.46. The normalized spacial score (nSPS) is 16.0. The van der Waals surface area contributed by atoms with E-state index in [4.69, 9.17) is 5.11 Å². The highest BCUT2D eigenvalue weighted by atomic mass is 16.4. The van der Waals surface area contributed by atoms with E-state index in [1.165, 1.54) is 19.0 Å². The van der Waals surface area contributed by atoms with Crippen LogP contribution in [0.15, 0.2) is 12.4 Å². The van der Waals surface area contributed by atoms with E-state index in [1.807, 2.05) is 0 Å². The van der Waals surface area contributed by atoms with E-state index >= 15 is 0 Å². The summed E-state index contributed by atoms with van der Waals surface area (Å²) in [6.45, 7) is 5.95. The maximum atomic E-state index is 12.3. The molecule has 1 aliphatic rings. The van der Waals surface area contributed by atoms with Crippen LogP contribution in [0, 0.1) is 11.8 Å². The number of hydrogen-bond donors (Lipinski definition) is 1. The molecule has 1 aliphatic heterocycles. The summed E-state index contributed by atoms with van der Waals surface area (Å²) in [5, 5.41) is 8.78. The molecular weight excluding hydrogens is 282 g/mol. The van der Waals surface area contributed by atoms with E-state index in [1.54, 1.807) is 4.90 Å². The number of aromatic nitrogens is 2. The lowest BCUT2D eigenvalue weighted by Crippen LogP contribution is -2.39. The molecule has 0 spiro atoms. The van der Waals surface area contributed by atoms with E-state index in [2.05, 4.69) is 23.8 Å². The van der Waals surface area contributed by atoms with Crippen LogP contribution in [0.25, 0.3) is 0 Å². The molecule has 22 heavy (non-hydrogen) atoms. The largest absolute Gasteiger partial charge is 0.476 e. The molecule has 2 rings (SSSR count). The number of carboxylic acids is 1. The second kappa shape index (κ2) is 7.33. The molecule has 6 heteroatoms. The quantitative estimate of drug-likeness (QED) is 0.903. The first-order chi connectivity index (χ1) is 10.5. The third kappa shape index (κ3) is 4.26. The first-order valence-corrected chi connectivity index (χ1v) is 7.82. The fraction of sp³-hybridized carbons (Fsp3) is 0.625. The van der Waals surface area contributed by atoms with Crippen molar-refractivity contribution < 1.29 is 14.7 Å². The SMILES string of the molecule is CC(C)CCC1CCN(C(=O)c2cnc(C(=O)O)cn2)CC1. The first kappa shape index (κ1) is 16.4. The fourth-order valence-electron chi connectivity index (χ4n) is 2.70. The van der Waals surface area contributed by atoms with Gasteiger partial charge in [0.15, 0.2) is 5.69 Å². The number of nitrogens with zero attached hydrogens (tertiary/aromatic N) is 3. The highest BCUT2D eigenvalue weighted by molar-refractivity contribution is 5.92. The number of likely N-dealkylation sites (tertiary alicyclic amines) is 1. The van der Waals surface area contributed by atoms with Crippen LogP contribution >= 0.6 is 0 Å². The summed E-state index contributed by atoms with van der Waals surface area (Å²) in [5.74, 6) is 0.124. The zero-order valence-electron chi connectivity index (χ0n) is 13.2. The highest BCUT2D eigenvalue weighted by Gasteiger charge is 2.24. The summed E-state index contributed by atoms with van der Waals surface area (Å²) in [6.07, 6.45) is 6.90. The molecule has 0 radical (unpaired) electrons. The lowest BCUT2D eigenvalue weighted by Gasteiger charge is -2.32. The van der Waals surface area contributed by atoms with Crippen molar-refractivity contribution >= 4 is 11.9 Å². The summed E-state index contributed by atoms with van der Waals surface area (Å²) < 4.78 is 0. The molecule has 0 aromatic carbocycles. The topological polar surface area (TPSA) is 83.4 Å². The van der Waals surface area contributed by atoms with Crippen LogP contribution in [-0.2, 0) is 0 Å². The van der Waals surface area contributed by atoms with E-state index in [0.717, 1.165) is 38.0 Å². The van der Waals surface area contributed by atoms with Gasteiger partial charge in [0.25, 0.3) is 5.91 Å². The lowest BCUT2D eigenvalue weighted by molar-refractivity contribution is 0.0666. The molecule has 0 bridgehead atoms. The number of carboxylic acid groups (broad SMARTS) is 1. The molecule has 1 fully saturated rings. The maximum Gasteiger partial charge on any atom is 0.356 e. The standard InChI is InChI=1S/C16H23N3O3/c1-11(2)3-4-12-5-7-19(8-6-12)15(20)13-9-18-14(10-17-13)16(21)22/h9-12H,3-8H2,1-2H3,(H,21,22). The zero-order valence-corrected chi connectivity index (χ0v) is 13.2. The van der Waals surface area contributed by atoms with Crippen LogP contribution in [0.2, 0.25) is 0 Å². The monoisotopic (exact) mass is 305 g/mol. The van der Waals surface area contributed by atoms with Gasteiger partial charge in [-0.1, -0.05) is 26.7 Å². The van der Waals surface area contributed by atoms with Crippen molar-refractivity contribution in [3.05, 3.63) is 23.8 Å². The predicted molar refractivity (Wildman–Crippen MR) is 81.7 cm³/mol. The average molecular weight is 305 g/mol. The first-order valence-electron chi connectivity index (χ1n) is 7.82. The van der Waals surface area contributed by atoms with Crippen molar-refractivity contribution in [1.82, 2.24) is 14.9 Å². The third-order valence-corrected chi connectivity index (χ3v) is 4.14. The van der Waals surface area contributed by atoms with Crippen LogP contribution in [0.5, 0.6) is 0 Å². The van der Waals surface area contributed by atoms with Gasteiger partial charge in [0.05, 0.1) is 12.4 Å². The van der Waals surface area contributed by atoms with Crippen LogP contribution in [0.1, 0.15) is 60.5 Å². The zero-order chi connectivity index (χ0) is 16.1. The minimum Gasteiger partial charge on any atom is -0.476 e. The summed E-state index contributed by atoms with van der Waals surface area (Å²) >= 11 is 0. The Kier molecular flexibility index (Phi) is 5.46. The highest BCUT2D eigenvalue weighted by Crippen LogP contribution is 2.24. The summed E-state index contributed by atoms with van der Waals surface area (Å²) in [4.78, 5) is 32.5. The number of hydrogen-bond acceptors (Lipinski definition) is 4. The Morgan fingerprint density at radius 2 is 1.82 bits per heavy atom. The third-order valence-electron chi connectivity index (χ3n) is 4.14. The Bertz CT molecular complexity index is 520. The minimum absolute atomic E-state index is 0.149. The summed E-state index contributed by atoms with van der Waals surface area (Å²) in [6, 6.07) is 0. The lowest BCUT2D eigenvalue weighted by atomic mass is 9.89. The van der Waals surface area contributed by atoms with Gasteiger partial charge in [-0.15, -0.1) is 0 Å². The molecule has 1 aromatic rings. The molecule has 1 N–H and O–H groups in total. The second-order valence-corrected chi connectivity index (χ2v) is 6.30. The van der Waals surface area contributed by atoms with Crippen LogP contribution in [-0.4, -0.2) is 44.9 Å². The van der Waals surface area contributed by atoms with Gasteiger partial charge >= 0.3 is 5.97 Å². The van der Waals surface area contributed by atoms with Crippen molar-refractivity contribution in [1.29, 1.82) is 0 Å². The van der Waals surface area contributed by atoms with Gasteiger partial charge in [0.1, 0.15) is 5.69 Å². The van der Waals surface area contributed by atoms with Crippen LogP contribution in [0.3, 0.4) is 0 Å². The molecule has 1 amide bonds. The van der Waals surface area contributed by atoms with Crippen molar-refractivity contribution in [3.63, 3.8) is 0 Å². The van der Waals surface area contributed by atoms with Crippen LogP contribution < -0.4 is 0 Å². The number of aromatic carboxylic acids is 1. The van der Waals surface area contributed by atoms with Gasteiger partial charge in [0, 0.05) is 13.1 Å². The molecule has 1 aromatic heterocycles. The van der Waals surface area contributed by atoms with Crippen molar-refractivity contribution in [2.75, 3.05) is 13.1 Å². The Morgan fingerprint density at radius 1 is 1.23 bits per heavy atom. The van der Waals surface area contributed by atoms with Gasteiger partial charge in [0.2, 0.25) is 0 Å². The molecule has 0 aliphatic carbocycles. The molecule has 1 saturated heterocycles. The van der Waals surface area contributed by atoms with E-state index in [-0.39, 0.29) is 17.3 Å². The minimum atomic E-state index is -1.14. The van der Waals surface area contributed by atoms with E-state index in [0.29, 0.717) is 5.92 Å². The van der Waals surface area contributed by atoms with Crippen LogP contribution in [0.4, 0.5) is 0 Å². The molecule has 120 valence electrons. The van der Waals surface area contributed by atoms with Crippen molar-refractivity contribution in [2.45, 2.75) is 39.5 Å². The molecule has 0 unspecified atom stereocenters. The fourth-order valence-corrected chi connectivity index (χ4v) is 2.70.